The fraction of sp³-hybridized carbons (Fsp3) is 0.284. The maximum absolute atomic E-state index is 2.70. The zero-order valence-corrected chi connectivity index (χ0v) is 41.3. The Balaban J connectivity index is 0.981. The lowest BCUT2D eigenvalue weighted by molar-refractivity contribution is 0.154. The highest BCUT2D eigenvalue weighted by Gasteiger charge is 2.60. The molecule has 2 saturated carbocycles. The molecule has 69 heavy (non-hydrogen) atoms. The second-order valence-electron chi connectivity index (χ2n) is 22.7. The van der Waals surface area contributed by atoms with Crippen molar-refractivity contribution in [1.82, 2.24) is 0 Å². The van der Waals surface area contributed by atoms with Gasteiger partial charge in [0, 0.05) is 33.6 Å². The third kappa shape index (κ3) is 5.78. The van der Waals surface area contributed by atoms with Crippen LogP contribution in [0.3, 0.4) is 0 Å². The summed E-state index contributed by atoms with van der Waals surface area (Å²) in [5, 5.41) is 0. The molecular formula is C67H64N2. The minimum Gasteiger partial charge on any atom is -0.334 e. The summed E-state index contributed by atoms with van der Waals surface area (Å²) in [7, 11) is 0. The van der Waals surface area contributed by atoms with E-state index in [1.807, 2.05) is 0 Å². The molecule has 0 N–H and O–H groups in total. The highest BCUT2D eigenvalue weighted by Crippen LogP contribution is 2.65. The molecule has 3 aliphatic carbocycles. The van der Waals surface area contributed by atoms with Crippen molar-refractivity contribution in [3.05, 3.63) is 228 Å². The summed E-state index contributed by atoms with van der Waals surface area (Å²) in [5.41, 5.74) is 20.8. The molecule has 342 valence electrons. The first-order valence-electron chi connectivity index (χ1n) is 25.9. The van der Waals surface area contributed by atoms with Gasteiger partial charge in [-0.25, -0.2) is 0 Å². The van der Waals surface area contributed by atoms with Gasteiger partial charge in [0.2, 0.25) is 0 Å². The average Bonchev–Trinajstić information content (AvgIpc) is 3.87. The average molecular weight is 897 g/mol. The van der Waals surface area contributed by atoms with Crippen molar-refractivity contribution in [1.29, 1.82) is 0 Å². The van der Waals surface area contributed by atoms with Gasteiger partial charge in [0.25, 0.3) is 0 Å². The maximum atomic E-state index is 2.70. The van der Waals surface area contributed by atoms with E-state index in [1.165, 1.54) is 128 Å². The van der Waals surface area contributed by atoms with Crippen molar-refractivity contribution in [3.8, 4) is 33.4 Å². The first kappa shape index (κ1) is 42.5. The third-order valence-electron chi connectivity index (χ3n) is 19.0. The Kier molecular flexibility index (Phi) is 9.34. The predicted molar refractivity (Wildman–Crippen MR) is 289 cm³/mol. The molecule has 2 nitrogen and oxygen atoms in total. The lowest BCUT2D eigenvalue weighted by Crippen LogP contribution is -2.56. The molecule has 0 amide bonds. The summed E-state index contributed by atoms with van der Waals surface area (Å²) in [6, 6.07) is 74.7. The first-order chi connectivity index (χ1) is 33.5. The number of para-hydroxylation sites is 2. The van der Waals surface area contributed by atoms with Crippen molar-refractivity contribution in [2.45, 2.75) is 107 Å². The van der Waals surface area contributed by atoms with Crippen molar-refractivity contribution in [2.75, 3.05) is 9.80 Å². The van der Waals surface area contributed by atoms with Crippen LogP contribution in [0.15, 0.2) is 194 Å². The molecule has 2 heteroatoms. The molecule has 0 spiro atoms. The summed E-state index contributed by atoms with van der Waals surface area (Å²) in [4.78, 5) is 5.40. The van der Waals surface area contributed by atoms with Crippen molar-refractivity contribution in [3.63, 3.8) is 0 Å². The van der Waals surface area contributed by atoms with E-state index in [0.29, 0.717) is 11.8 Å². The van der Waals surface area contributed by atoms with E-state index in [1.54, 1.807) is 0 Å². The molecule has 0 saturated heterocycles. The van der Waals surface area contributed by atoms with Crippen molar-refractivity contribution in [2.24, 2.45) is 11.8 Å². The Bertz CT molecular complexity index is 3060. The molecule has 2 fully saturated rings. The minimum atomic E-state index is -0.533. The fourth-order valence-corrected chi connectivity index (χ4v) is 15.2. The predicted octanol–water partition coefficient (Wildman–Crippen LogP) is 17.4. The van der Waals surface area contributed by atoms with Crippen LogP contribution >= 0.6 is 0 Å². The fourth-order valence-electron chi connectivity index (χ4n) is 15.2. The molecule has 8 aromatic rings. The van der Waals surface area contributed by atoms with Gasteiger partial charge in [-0.2, -0.15) is 0 Å². The summed E-state index contributed by atoms with van der Waals surface area (Å²) in [6.07, 6.45) is 7.23. The van der Waals surface area contributed by atoms with E-state index < -0.39 is 5.41 Å². The van der Waals surface area contributed by atoms with Crippen LogP contribution in [-0.2, 0) is 16.2 Å². The van der Waals surface area contributed by atoms with Gasteiger partial charge in [-0.1, -0.05) is 161 Å². The Morgan fingerprint density at radius 3 is 1.09 bits per heavy atom. The van der Waals surface area contributed by atoms with Gasteiger partial charge in [-0.15, -0.1) is 0 Å². The van der Waals surface area contributed by atoms with Crippen LogP contribution < -0.4 is 9.80 Å². The molecule has 6 atom stereocenters. The van der Waals surface area contributed by atoms with Crippen LogP contribution in [0.5, 0.6) is 0 Å². The van der Waals surface area contributed by atoms with Gasteiger partial charge < -0.3 is 9.80 Å². The number of fused-ring (bicyclic) bond motifs is 9. The molecule has 13 rings (SSSR count). The van der Waals surface area contributed by atoms with Gasteiger partial charge in [0.1, 0.15) is 0 Å². The lowest BCUT2D eigenvalue weighted by Gasteiger charge is -2.52. The second-order valence-corrected chi connectivity index (χ2v) is 22.7. The summed E-state index contributed by atoms with van der Waals surface area (Å²) in [6.45, 7) is 15.1. The SMILES string of the molecule is CC1CCC2(C)c3cc(-c4ccc5c(c4)C(c4ccccc4)(c4ccccc4)c4cc(-c6ccc7c(c6)C6(C)CCC(C)CC6(C)N7c6ccccc6)ccc4-5)ccc3N(c3ccccc3)C2(C)C1. The number of rotatable bonds is 6. The van der Waals surface area contributed by atoms with Crippen LogP contribution in [0.1, 0.15) is 113 Å². The number of hydrogen-bond acceptors (Lipinski definition) is 2. The number of anilines is 4. The largest absolute Gasteiger partial charge is 0.334 e. The number of benzene rings is 8. The summed E-state index contributed by atoms with van der Waals surface area (Å²) in [5.74, 6) is 1.36. The topological polar surface area (TPSA) is 6.48 Å². The van der Waals surface area contributed by atoms with Crippen LogP contribution in [0.4, 0.5) is 22.7 Å². The van der Waals surface area contributed by atoms with Crippen molar-refractivity contribution < 1.29 is 0 Å². The van der Waals surface area contributed by atoms with Crippen LogP contribution in [0.2, 0.25) is 0 Å². The van der Waals surface area contributed by atoms with E-state index in [0.717, 1.165) is 0 Å². The Hall–Kier alpha value is -6.64. The standard InChI is InChI=1S/C67H64N2/c1-45-35-37-63(3)59-41-49(29-33-61(59)68(65(63,5)43-45)53-23-15-9-16-24-53)47-27-31-55-56-32-28-48(40-58(56)67(57(55)39-47,51-19-11-7-12-20-51)52-21-13-8-14-22-52)50-30-34-62-60(42-50)64(4)38-36-46(2)44-66(64,6)69(62)54-25-17-10-18-26-54/h7-34,39-42,45-46H,35-38,43-44H2,1-6H3. The highest BCUT2D eigenvalue weighted by atomic mass is 15.3. The quantitative estimate of drug-likeness (QED) is 0.164. The monoisotopic (exact) mass is 897 g/mol. The van der Waals surface area contributed by atoms with E-state index in [2.05, 4.69) is 245 Å². The minimum absolute atomic E-state index is 0.0186. The first-order valence-corrected chi connectivity index (χ1v) is 25.9. The van der Waals surface area contributed by atoms with E-state index in [9.17, 15) is 0 Å². The van der Waals surface area contributed by atoms with Gasteiger partial charge in [0.05, 0.1) is 16.5 Å². The molecule has 6 unspecified atom stereocenters. The van der Waals surface area contributed by atoms with E-state index >= 15 is 0 Å². The van der Waals surface area contributed by atoms with Gasteiger partial charge in [-0.05, 0) is 192 Å². The molecule has 5 aliphatic rings. The molecule has 0 aromatic heterocycles. The molecule has 0 radical (unpaired) electrons. The zero-order valence-electron chi connectivity index (χ0n) is 41.3. The number of hydrogen-bond donors (Lipinski definition) is 0. The van der Waals surface area contributed by atoms with Crippen molar-refractivity contribution >= 4 is 22.7 Å². The van der Waals surface area contributed by atoms with E-state index in [4.69, 9.17) is 0 Å². The second kappa shape index (κ2) is 15.2. The maximum Gasteiger partial charge on any atom is 0.0713 e. The molecule has 0 bridgehead atoms. The zero-order chi connectivity index (χ0) is 46.9. The molecule has 2 aliphatic heterocycles. The van der Waals surface area contributed by atoms with Gasteiger partial charge >= 0.3 is 0 Å². The molecular weight excluding hydrogens is 833 g/mol. The van der Waals surface area contributed by atoms with Crippen LogP contribution in [-0.4, -0.2) is 11.1 Å². The molecule has 2 heterocycles. The van der Waals surface area contributed by atoms with Gasteiger partial charge in [-0.3, -0.25) is 0 Å². The Morgan fingerprint density at radius 2 is 0.710 bits per heavy atom. The Morgan fingerprint density at radius 1 is 0.377 bits per heavy atom. The normalized spacial score (nSPS) is 26.9. The summed E-state index contributed by atoms with van der Waals surface area (Å²) >= 11 is 0. The lowest BCUT2D eigenvalue weighted by atomic mass is 9.59. The highest BCUT2D eigenvalue weighted by molar-refractivity contribution is 5.91. The molecule has 8 aromatic carbocycles. The van der Waals surface area contributed by atoms with Crippen LogP contribution in [0.25, 0.3) is 33.4 Å². The smallest absolute Gasteiger partial charge is 0.0713 e. The van der Waals surface area contributed by atoms with Crippen LogP contribution in [0, 0.1) is 11.8 Å². The third-order valence-corrected chi connectivity index (χ3v) is 19.0. The van der Waals surface area contributed by atoms with Gasteiger partial charge in [0.15, 0.2) is 0 Å². The summed E-state index contributed by atoms with van der Waals surface area (Å²) < 4.78 is 0. The Labute approximate surface area is 410 Å². The van der Waals surface area contributed by atoms with E-state index in [-0.39, 0.29) is 21.9 Å². The number of nitrogens with zero attached hydrogens (tertiary/aromatic N) is 2.